The van der Waals surface area contributed by atoms with Gasteiger partial charge in [0.1, 0.15) is 17.5 Å². The van der Waals surface area contributed by atoms with Gasteiger partial charge in [-0.25, -0.2) is 4.79 Å². The fraction of sp³-hybridized carbons (Fsp3) is 0.400. The number of nitrogens with one attached hydrogen (secondary N) is 2. The van der Waals surface area contributed by atoms with Gasteiger partial charge in [0.15, 0.2) is 0 Å². The number of carboxylic acids is 1. The molecule has 2 fully saturated rings. The molecule has 0 unspecified atom stereocenters. The molecule has 0 aliphatic carbocycles. The first-order valence-corrected chi connectivity index (χ1v) is 10.7. The maximum Gasteiger partial charge on any atom is 0.327 e. The lowest BCUT2D eigenvalue weighted by molar-refractivity contribution is -0.161. The van der Waals surface area contributed by atoms with Crippen molar-refractivity contribution in [2.24, 2.45) is 0 Å². The number of hydrogen-bond acceptors (Lipinski definition) is 6. The van der Waals surface area contributed by atoms with Gasteiger partial charge in [-0.2, -0.15) is 0 Å². The highest BCUT2D eigenvalue weighted by Crippen LogP contribution is 2.50. The zero-order valence-corrected chi connectivity index (χ0v) is 18.0. The van der Waals surface area contributed by atoms with E-state index in [-0.39, 0.29) is 23.6 Å². The standard InChI is InChI=1S/C20H21ClN4O4S/c1-20(2)16(19(28)29)25-17(27)15(18(25)30-20)24-14(26)6-8-22-12-5-7-23-13-9-10(21)3-4-11(12)13/h3-5,7,9,15-16,18H,6,8H2,1-2H3,(H,22,23)(H,24,26)(H,28,29)/t15-,16+,18-/m1/s1. The first kappa shape index (κ1) is 20.7. The lowest BCUT2D eigenvalue weighted by atomic mass is 9.96. The summed E-state index contributed by atoms with van der Waals surface area (Å²) in [5, 5.41) is 16.6. The number of carbonyl (C=O) groups excluding carboxylic acids is 2. The molecule has 0 spiro atoms. The summed E-state index contributed by atoms with van der Waals surface area (Å²) in [6.07, 6.45) is 1.84. The highest BCUT2D eigenvalue weighted by Gasteiger charge is 2.64. The molecule has 2 amide bonds. The number of fused-ring (bicyclic) bond motifs is 2. The number of aromatic nitrogens is 1. The van der Waals surface area contributed by atoms with Crippen LogP contribution in [0.5, 0.6) is 0 Å². The van der Waals surface area contributed by atoms with E-state index in [2.05, 4.69) is 15.6 Å². The molecular formula is C20H21ClN4O4S. The molecule has 0 radical (unpaired) electrons. The van der Waals surface area contributed by atoms with Crippen LogP contribution in [0.1, 0.15) is 20.3 Å². The van der Waals surface area contributed by atoms with Crippen LogP contribution in [0.4, 0.5) is 5.69 Å². The number of carboxylic acid groups (broad SMARTS) is 1. The molecule has 3 atom stereocenters. The molecule has 3 heterocycles. The molecule has 2 aliphatic rings. The maximum absolute atomic E-state index is 12.5. The Bertz CT molecular complexity index is 1050. The zero-order chi connectivity index (χ0) is 21.6. The van der Waals surface area contributed by atoms with Crippen molar-refractivity contribution in [2.75, 3.05) is 11.9 Å². The summed E-state index contributed by atoms with van der Waals surface area (Å²) >= 11 is 7.41. The van der Waals surface area contributed by atoms with Gasteiger partial charge >= 0.3 is 5.97 Å². The van der Waals surface area contributed by atoms with Crippen LogP contribution in [0.2, 0.25) is 5.02 Å². The normalized spacial score (nSPS) is 24.3. The molecule has 1 aromatic heterocycles. The van der Waals surface area contributed by atoms with Gasteiger partial charge in [-0.1, -0.05) is 11.6 Å². The largest absolute Gasteiger partial charge is 0.480 e. The minimum absolute atomic E-state index is 0.171. The summed E-state index contributed by atoms with van der Waals surface area (Å²) in [7, 11) is 0. The van der Waals surface area contributed by atoms with Crippen molar-refractivity contribution in [3.8, 4) is 0 Å². The Morgan fingerprint density at radius 1 is 1.33 bits per heavy atom. The smallest absolute Gasteiger partial charge is 0.327 e. The second-order valence-corrected chi connectivity index (χ2v) is 10.0. The van der Waals surface area contributed by atoms with Crippen molar-refractivity contribution >= 4 is 57.7 Å². The first-order chi connectivity index (χ1) is 14.2. The van der Waals surface area contributed by atoms with Crippen molar-refractivity contribution < 1.29 is 19.5 Å². The third kappa shape index (κ3) is 3.56. The van der Waals surface area contributed by atoms with E-state index < -0.39 is 22.8 Å². The summed E-state index contributed by atoms with van der Waals surface area (Å²) in [4.78, 5) is 42.0. The average molecular weight is 449 g/mol. The molecular weight excluding hydrogens is 428 g/mol. The summed E-state index contributed by atoms with van der Waals surface area (Å²) in [6.45, 7) is 3.98. The molecule has 1 aromatic carbocycles. The quantitative estimate of drug-likeness (QED) is 0.581. The number of anilines is 1. The van der Waals surface area contributed by atoms with Gasteiger partial charge in [0.25, 0.3) is 0 Å². The van der Waals surface area contributed by atoms with E-state index >= 15 is 0 Å². The van der Waals surface area contributed by atoms with E-state index in [4.69, 9.17) is 11.6 Å². The minimum atomic E-state index is -1.02. The highest BCUT2D eigenvalue weighted by atomic mass is 35.5. The van der Waals surface area contributed by atoms with Crippen LogP contribution in [-0.2, 0) is 14.4 Å². The predicted molar refractivity (Wildman–Crippen MR) is 116 cm³/mol. The van der Waals surface area contributed by atoms with Gasteiger partial charge in [0.05, 0.1) is 5.52 Å². The molecule has 0 saturated carbocycles. The Morgan fingerprint density at radius 2 is 2.10 bits per heavy atom. The van der Waals surface area contributed by atoms with Crippen molar-refractivity contribution in [2.45, 2.75) is 42.5 Å². The minimum Gasteiger partial charge on any atom is -0.480 e. The van der Waals surface area contributed by atoms with Crippen LogP contribution >= 0.6 is 23.4 Å². The number of carbonyl (C=O) groups is 3. The predicted octanol–water partition coefficient (Wildman–Crippen LogP) is 2.32. The Balaban J connectivity index is 1.34. The SMILES string of the molecule is CC1(C)S[C@@H]2[C@H](NC(=O)CCNc3ccnc4cc(Cl)ccc34)C(=O)N2[C@H]1C(=O)O. The highest BCUT2D eigenvalue weighted by molar-refractivity contribution is 8.01. The van der Waals surface area contributed by atoms with Crippen molar-refractivity contribution in [1.82, 2.24) is 15.2 Å². The van der Waals surface area contributed by atoms with E-state index in [9.17, 15) is 19.5 Å². The molecule has 2 aromatic rings. The van der Waals surface area contributed by atoms with Crippen molar-refractivity contribution in [3.05, 3.63) is 35.5 Å². The van der Waals surface area contributed by atoms with Gasteiger partial charge in [-0.15, -0.1) is 11.8 Å². The molecule has 10 heteroatoms. The van der Waals surface area contributed by atoms with Gasteiger partial charge in [0, 0.05) is 40.0 Å². The Morgan fingerprint density at radius 3 is 2.83 bits per heavy atom. The number of aliphatic carboxylic acids is 1. The molecule has 2 aliphatic heterocycles. The molecule has 8 nitrogen and oxygen atoms in total. The van der Waals surface area contributed by atoms with Crippen molar-refractivity contribution in [1.29, 1.82) is 0 Å². The van der Waals surface area contributed by atoms with Crippen LogP contribution in [0.25, 0.3) is 10.9 Å². The fourth-order valence-electron chi connectivity index (χ4n) is 3.98. The third-order valence-electron chi connectivity index (χ3n) is 5.36. The number of rotatable bonds is 6. The lowest BCUT2D eigenvalue weighted by Crippen LogP contribution is -2.70. The summed E-state index contributed by atoms with van der Waals surface area (Å²) < 4.78 is -0.613. The van der Waals surface area contributed by atoms with Crippen LogP contribution in [0.15, 0.2) is 30.5 Å². The third-order valence-corrected chi connectivity index (χ3v) is 7.17. The number of halogens is 1. The van der Waals surface area contributed by atoms with Crippen LogP contribution in [-0.4, -0.2) is 61.5 Å². The maximum atomic E-state index is 12.5. The Hall–Kier alpha value is -2.52. The number of β-lactam (4-membered cyclic amide) rings is 1. The Kier molecular flexibility index (Phi) is 5.27. The summed E-state index contributed by atoms with van der Waals surface area (Å²) in [5.74, 6) is -1.63. The molecule has 0 bridgehead atoms. The van der Waals surface area contributed by atoms with Gasteiger partial charge in [-0.3, -0.25) is 14.6 Å². The summed E-state index contributed by atoms with van der Waals surface area (Å²) in [6, 6.07) is 5.67. The average Bonchev–Trinajstić information content (AvgIpc) is 2.94. The topological polar surface area (TPSA) is 112 Å². The van der Waals surface area contributed by atoms with Gasteiger partial charge < -0.3 is 20.6 Å². The van der Waals surface area contributed by atoms with E-state index in [0.29, 0.717) is 11.6 Å². The zero-order valence-electron chi connectivity index (χ0n) is 16.4. The van der Waals surface area contributed by atoms with Crippen molar-refractivity contribution in [3.63, 3.8) is 0 Å². The van der Waals surface area contributed by atoms with E-state index in [1.807, 2.05) is 12.1 Å². The number of amides is 2. The van der Waals surface area contributed by atoms with Gasteiger partial charge in [0.2, 0.25) is 11.8 Å². The van der Waals surface area contributed by atoms with Crippen LogP contribution in [0, 0.1) is 0 Å². The number of thioether (sulfide) groups is 1. The second-order valence-electron chi connectivity index (χ2n) is 7.84. The number of hydrogen-bond donors (Lipinski definition) is 3. The van der Waals surface area contributed by atoms with E-state index in [0.717, 1.165) is 16.6 Å². The molecule has 3 N–H and O–H groups in total. The van der Waals surface area contributed by atoms with E-state index in [1.54, 1.807) is 32.2 Å². The fourth-order valence-corrected chi connectivity index (χ4v) is 5.77. The molecule has 2 saturated heterocycles. The molecule has 158 valence electrons. The number of pyridine rings is 1. The molecule has 30 heavy (non-hydrogen) atoms. The van der Waals surface area contributed by atoms with Crippen LogP contribution < -0.4 is 10.6 Å². The Labute approximate surface area is 182 Å². The summed E-state index contributed by atoms with van der Waals surface area (Å²) in [5.41, 5.74) is 1.60. The van der Waals surface area contributed by atoms with Crippen LogP contribution in [0.3, 0.4) is 0 Å². The monoisotopic (exact) mass is 448 g/mol. The van der Waals surface area contributed by atoms with E-state index in [1.165, 1.54) is 16.7 Å². The number of nitrogens with zero attached hydrogens (tertiary/aromatic N) is 2. The lowest BCUT2D eigenvalue weighted by Gasteiger charge is -2.43. The first-order valence-electron chi connectivity index (χ1n) is 9.49. The van der Waals surface area contributed by atoms with Gasteiger partial charge in [-0.05, 0) is 38.1 Å². The molecule has 4 rings (SSSR count). The second kappa shape index (κ2) is 7.63. The number of benzene rings is 1.